The first kappa shape index (κ1) is 19.5. The molecule has 0 saturated heterocycles. The van der Waals surface area contributed by atoms with Gasteiger partial charge in [0.2, 0.25) is 0 Å². The molecular formula is C22H24N2O4. The number of furan rings is 1. The predicted octanol–water partition coefficient (Wildman–Crippen LogP) is 4.69. The zero-order valence-corrected chi connectivity index (χ0v) is 16.3. The third kappa shape index (κ3) is 4.34. The fraction of sp³-hybridized carbons (Fsp3) is 0.273. The van der Waals surface area contributed by atoms with E-state index in [1.54, 1.807) is 13.3 Å². The van der Waals surface area contributed by atoms with Gasteiger partial charge in [-0.2, -0.15) is 5.10 Å². The van der Waals surface area contributed by atoms with E-state index in [1.807, 2.05) is 49.4 Å². The van der Waals surface area contributed by atoms with Crippen molar-refractivity contribution in [2.24, 2.45) is 5.10 Å². The molecule has 3 rings (SSSR count). The summed E-state index contributed by atoms with van der Waals surface area (Å²) in [7, 11) is 1.60. The minimum atomic E-state index is -0.391. The maximum absolute atomic E-state index is 12.4. The molecule has 146 valence electrons. The van der Waals surface area contributed by atoms with E-state index in [0.717, 1.165) is 29.4 Å². The molecule has 0 spiro atoms. The van der Waals surface area contributed by atoms with E-state index in [4.69, 9.17) is 13.9 Å². The van der Waals surface area contributed by atoms with Crippen molar-refractivity contribution in [3.63, 3.8) is 0 Å². The van der Waals surface area contributed by atoms with Crippen molar-refractivity contribution in [2.75, 3.05) is 13.7 Å². The minimum Gasteiger partial charge on any atom is -0.493 e. The summed E-state index contributed by atoms with van der Waals surface area (Å²) >= 11 is 0. The number of ether oxygens (including phenoxy) is 2. The molecule has 2 aromatic carbocycles. The normalized spacial score (nSPS) is 11.1. The Morgan fingerprint density at radius 2 is 2.04 bits per heavy atom. The zero-order chi connectivity index (χ0) is 19.9. The monoisotopic (exact) mass is 380 g/mol. The lowest BCUT2D eigenvalue weighted by Crippen LogP contribution is -2.17. The molecule has 1 aromatic heterocycles. The SMILES string of the molecule is CCCCOc1cc(/C=N\NC(=O)c2oc3ccccc3c2C)ccc1OC. The Bertz CT molecular complexity index is 991. The molecule has 1 amide bonds. The molecule has 1 heterocycles. The highest BCUT2D eigenvalue weighted by Gasteiger charge is 2.16. The second-order valence-electron chi connectivity index (χ2n) is 6.36. The van der Waals surface area contributed by atoms with Crippen LogP contribution in [0, 0.1) is 6.92 Å². The number of benzene rings is 2. The van der Waals surface area contributed by atoms with Crippen LogP contribution in [0.2, 0.25) is 0 Å². The number of carbonyl (C=O) groups excluding carboxylic acids is 1. The van der Waals surface area contributed by atoms with E-state index >= 15 is 0 Å². The van der Waals surface area contributed by atoms with Gasteiger partial charge in [-0.15, -0.1) is 0 Å². The summed E-state index contributed by atoms with van der Waals surface area (Å²) in [5.41, 5.74) is 4.77. The van der Waals surface area contributed by atoms with E-state index in [9.17, 15) is 4.79 Å². The van der Waals surface area contributed by atoms with E-state index in [-0.39, 0.29) is 5.76 Å². The average Bonchev–Trinajstić information content (AvgIpc) is 3.05. The molecule has 0 fully saturated rings. The number of para-hydroxylation sites is 1. The summed E-state index contributed by atoms with van der Waals surface area (Å²) in [6.45, 7) is 4.58. The number of aryl methyl sites for hydroxylation is 1. The van der Waals surface area contributed by atoms with Crippen molar-refractivity contribution < 1.29 is 18.7 Å². The van der Waals surface area contributed by atoms with E-state index in [0.29, 0.717) is 23.7 Å². The van der Waals surface area contributed by atoms with Crippen LogP contribution in [0.3, 0.4) is 0 Å². The number of fused-ring (bicyclic) bond motifs is 1. The van der Waals surface area contributed by atoms with Gasteiger partial charge >= 0.3 is 5.91 Å². The number of unbranched alkanes of at least 4 members (excludes halogenated alkanes) is 1. The Balaban J connectivity index is 1.70. The molecule has 1 N–H and O–H groups in total. The quantitative estimate of drug-likeness (QED) is 0.349. The lowest BCUT2D eigenvalue weighted by atomic mass is 10.1. The molecule has 0 unspecified atom stereocenters. The summed E-state index contributed by atoms with van der Waals surface area (Å²) in [5.74, 6) is 1.18. The highest BCUT2D eigenvalue weighted by atomic mass is 16.5. The van der Waals surface area contributed by atoms with Crippen molar-refractivity contribution >= 4 is 23.1 Å². The number of nitrogens with one attached hydrogen (secondary N) is 1. The lowest BCUT2D eigenvalue weighted by Gasteiger charge is -2.10. The van der Waals surface area contributed by atoms with Gasteiger partial charge in [-0.1, -0.05) is 31.5 Å². The van der Waals surface area contributed by atoms with Gasteiger partial charge in [0.05, 0.1) is 19.9 Å². The van der Waals surface area contributed by atoms with Gasteiger partial charge in [0, 0.05) is 10.9 Å². The first-order valence-electron chi connectivity index (χ1n) is 9.26. The smallest absolute Gasteiger partial charge is 0.307 e. The highest BCUT2D eigenvalue weighted by molar-refractivity contribution is 5.99. The van der Waals surface area contributed by atoms with Gasteiger partial charge in [-0.3, -0.25) is 4.79 Å². The second-order valence-corrected chi connectivity index (χ2v) is 6.36. The topological polar surface area (TPSA) is 73.1 Å². The van der Waals surface area contributed by atoms with Crippen LogP contribution in [0.5, 0.6) is 11.5 Å². The van der Waals surface area contributed by atoms with E-state index in [2.05, 4.69) is 17.5 Å². The molecule has 0 aliphatic carbocycles. The number of carbonyl (C=O) groups is 1. The van der Waals surface area contributed by atoms with Crippen LogP contribution in [0.15, 0.2) is 52.0 Å². The van der Waals surface area contributed by atoms with Crippen molar-refractivity contribution in [3.05, 3.63) is 59.4 Å². The Kier molecular flexibility index (Phi) is 6.32. The van der Waals surface area contributed by atoms with E-state index < -0.39 is 5.91 Å². The summed E-state index contributed by atoms with van der Waals surface area (Å²) < 4.78 is 16.7. The third-order valence-electron chi connectivity index (χ3n) is 4.37. The average molecular weight is 380 g/mol. The number of methoxy groups -OCH3 is 1. The molecule has 0 radical (unpaired) electrons. The van der Waals surface area contributed by atoms with Gasteiger partial charge < -0.3 is 13.9 Å². The standard InChI is InChI=1S/C22H24N2O4/c1-4-5-12-27-20-13-16(10-11-19(20)26-3)14-23-24-22(25)21-15(2)17-8-6-7-9-18(17)28-21/h6-11,13-14H,4-5,12H2,1-3H3,(H,24,25)/b23-14-. The molecule has 0 saturated carbocycles. The van der Waals surface area contributed by atoms with Crippen LogP contribution in [0.1, 0.15) is 41.4 Å². The number of hydrogen-bond acceptors (Lipinski definition) is 5. The summed E-state index contributed by atoms with van der Waals surface area (Å²) in [4.78, 5) is 12.4. The molecular weight excluding hydrogens is 356 g/mol. The van der Waals surface area contributed by atoms with Gasteiger partial charge in [0.25, 0.3) is 0 Å². The molecule has 6 nitrogen and oxygen atoms in total. The molecule has 0 bridgehead atoms. The van der Waals surface area contributed by atoms with Gasteiger partial charge in [-0.25, -0.2) is 5.43 Å². The fourth-order valence-electron chi connectivity index (χ4n) is 2.82. The number of nitrogens with zero attached hydrogens (tertiary/aromatic N) is 1. The van der Waals surface area contributed by atoms with Crippen LogP contribution in [-0.4, -0.2) is 25.8 Å². The van der Waals surface area contributed by atoms with Crippen molar-refractivity contribution in [1.29, 1.82) is 0 Å². The largest absolute Gasteiger partial charge is 0.493 e. The molecule has 0 aliphatic heterocycles. The Hall–Kier alpha value is -3.28. The van der Waals surface area contributed by atoms with E-state index in [1.165, 1.54) is 0 Å². The summed E-state index contributed by atoms with van der Waals surface area (Å²) in [6, 6.07) is 13.0. The Morgan fingerprint density at radius 3 is 2.79 bits per heavy atom. The first-order valence-corrected chi connectivity index (χ1v) is 9.26. The number of hydrazone groups is 1. The van der Waals surface area contributed by atoms with Crippen LogP contribution in [-0.2, 0) is 0 Å². The van der Waals surface area contributed by atoms with Crippen molar-refractivity contribution in [1.82, 2.24) is 5.43 Å². The van der Waals surface area contributed by atoms with Crippen molar-refractivity contribution in [2.45, 2.75) is 26.7 Å². The predicted molar refractivity (Wildman–Crippen MR) is 109 cm³/mol. The first-order chi connectivity index (χ1) is 13.6. The summed E-state index contributed by atoms with van der Waals surface area (Å²) in [6.07, 6.45) is 3.58. The van der Waals surface area contributed by atoms with Gasteiger partial charge in [0.1, 0.15) is 5.58 Å². The molecule has 3 aromatic rings. The lowest BCUT2D eigenvalue weighted by molar-refractivity contribution is 0.0929. The summed E-state index contributed by atoms with van der Waals surface area (Å²) in [5, 5.41) is 4.96. The molecule has 6 heteroatoms. The molecule has 0 atom stereocenters. The van der Waals surface area contributed by atoms with Crippen molar-refractivity contribution in [3.8, 4) is 11.5 Å². The van der Waals surface area contributed by atoms with Crippen LogP contribution in [0.25, 0.3) is 11.0 Å². The maximum atomic E-state index is 12.4. The molecule has 28 heavy (non-hydrogen) atoms. The van der Waals surface area contributed by atoms with Crippen LogP contribution in [0.4, 0.5) is 0 Å². The van der Waals surface area contributed by atoms with Gasteiger partial charge in [0.15, 0.2) is 17.3 Å². The third-order valence-corrected chi connectivity index (χ3v) is 4.37. The number of hydrogen-bond donors (Lipinski definition) is 1. The van der Waals surface area contributed by atoms with Crippen LogP contribution >= 0.6 is 0 Å². The van der Waals surface area contributed by atoms with Crippen LogP contribution < -0.4 is 14.9 Å². The fourth-order valence-corrected chi connectivity index (χ4v) is 2.82. The minimum absolute atomic E-state index is 0.261. The zero-order valence-electron chi connectivity index (χ0n) is 16.3. The second kappa shape index (κ2) is 9.08. The Labute approximate surface area is 164 Å². The number of rotatable bonds is 8. The number of amides is 1. The maximum Gasteiger partial charge on any atom is 0.307 e. The highest BCUT2D eigenvalue weighted by Crippen LogP contribution is 2.28. The van der Waals surface area contributed by atoms with Gasteiger partial charge in [-0.05, 0) is 43.2 Å². The Morgan fingerprint density at radius 1 is 1.21 bits per heavy atom. The molecule has 0 aliphatic rings.